The van der Waals surface area contributed by atoms with Gasteiger partial charge < -0.3 is 10.2 Å². The first kappa shape index (κ1) is 22.8. The van der Waals surface area contributed by atoms with E-state index in [0.29, 0.717) is 29.9 Å². The Morgan fingerprint density at radius 1 is 1.03 bits per heavy atom. The third-order valence-corrected chi connectivity index (χ3v) is 8.60. The Bertz CT molecular complexity index is 816. The number of rotatable bonds is 4. The first-order chi connectivity index (χ1) is 13.5. The van der Waals surface area contributed by atoms with E-state index in [1.165, 1.54) is 25.7 Å². The van der Waals surface area contributed by atoms with Crippen LogP contribution in [-0.4, -0.2) is 56.8 Å². The second kappa shape index (κ2) is 9.51. The van der Waals surface area contributed by atoms with E-state index < -0.39 is 10.0 Å². The van der Waals surface area contributed by atoms with Gasteiger partial charge in [0.15, 0.2) is 5.96 Å². The Morgan fingerprint density at radius 3 is 2.28 bits per heavy atom. The monoisotopic (exact) mass is 532 g/mol. The zero-order valence-electron chi connectivity index (χ0n) is 17.3. The number of benzene rings is 1. The molecule has 2 heterocycles. The molecule has 3 aliphatic rings. The average molecular weight is 532 g/mol. The van der Waals surface area contributed by atoms with Crippen molar-refractivity contribution < 1.29 is 8.42 Å². The summed E-state index contributed by atoms with van der Waals surface area (Å²) in [7, 11) is -1.52. The normalized spacial score (nSPS) is 22.2. The van der Waals surface area contributed by atoms with E-state index in [1.807, 2.05) is 19.2 Å². The smallest absolute Gasteiger partial charge is 0.243 e. The number of aliphatic imine (C=N–C) groups is 1. The summed E-state index contributed by atoms with van der Waals surface area (Å²) >= 11 is 0. The number of piperidine rings is 1. The number of nitrogens with zero attached hydrogens (tertiary/aromatic N) is 3. The summed E-state index contributed by atoms with van der Waals surface area (Å²) in [5.74, 6) is 0.953. The van der Waals surface area contributed by atoms with Crippen molar-refractivity contribution in [3.8, 4) is 0 Å². The number of hydrogen-bond acceptors (Lipinski definition) is 3. The molecule has 1 aliphatic carbocycles. The highest BCUT2D eigenvalue weighted by Gasteiger charge is 2.43. The molecule has 1 saturated carbocycles. The van der Waals surface area contributed by atoms with Crippen LogP contribution in [0, 0.1) is 5.41 Å². The highest BCUT2D eigenvalue weighted by atomic mass is 127. The predicted octanol–water partition coefficient (Wildman–Crippen LogP) is 3.43. The van der Waals surface area contributed by atoms with Gasteiger partial charge in [0.1, 0.15) is 0 Å². The minimum absolute atomic E-state index is 0. The van der Waals surface area contributed by atoms with Crippen molar-refractivity contribution >= 4 is 40.0 Å². The maximum atomic E-state index is 12.8. The highest BCUT2D eigenvalue weighted by Crippen LogP contribution is 2.47. The van der Waals surface area contributed by atoms with Gasteiger partial charge in [-0.05, 0) is 55.2 Å². The highest BCUT2D eigenvalue weighted by molar-refractivity contribution is 14.0. The van der Waals surface area contributed by atoms with Crippen LogP contribution in [0.25, 0.3) is 0 Å². The maximum Gasteiger partial charge on any atom is 0.243 e. The molecule has 2 saturated heterocycles. The van der Waals surface area contributed by atoms with Crippen molar-refractivity contribution in [3.63, 3.8) is 0 Å². The summed E-state index contributed by atoms with van der Waals surface area (Å²) in [5.41, 5.74) is 1.61. The van der Waals surface area contributed by atoms with E-state index >= 15 is 0 Å². The van der Waals surface area contributed by atoms with E-state index in [9.17, 15) is 8.42 Å². The van der Waals surface area contributed by atoms with Crippen molar-refractivity contribution in [3.05, 3.63) is 29.8 Å². The third kappa shape index (κ3) is 4.90. The van der Waals surface area contributed by atoms with Gasteiger partial charge in [0.2, 0.25) is 10.0 Å². The molecule has 1 N–H and O–H groups in total. The summed E-state index contributed by atoms with van der Waals surface area (Å²) in [6.07, 6.45) is 8.39. The van der Waals surface area contributed by atoms with Crippen LogP contribution in [0.3, 0.4) is 0 Å². The average Bonchev–Trinajstić information content (AvgIpc) is 3.16. The Balaban J connectivity index is 0.00000240. The van der Waals surface area contributed by atoms with Gasteiger partial charge >= 0.3 is 0 Å². The summed E-state index contributed by atoms with van der Waals surface area (Å²) in [6, 6.07) is 7.30. The number of guanidine groups is 1. The molecular formula is C21H33IN4O2S. The molecule has 29 heavy (non-hydrogen) atoms. The molecule has 1 aromatic carbocycles. The molecule has 4 rings (SSSR count). The van der Waals surface area contributed by atoms with Crippen LogP contribution >= 0.6 is 24.0 Å². The second-order valence-corrected chi connectivity index (χ2v) is 10.5. The number of likely N-dealkylation sites (tertiary alicyclic amines) is 1. The Hall–Kier alpha value is -0.870. The first-order valence-electron chi connectivity index (χ1n) is 10.6. The molecule has 0 bridgehead atoms. The van der Waals surface area contributed by atoms with E-state index in [1.54, 1.807) is 16.4 Å². The second-order valence-electron chi connectivity index (χ2n) is 8.53. The minimum Gasteiger partial charge on any atom is -0.352 e. The molecule has 1 spiro atoms. The molecule has 0 unspecified atom stereocenters. The van der Waals surface area contributed by atoms with Crippen LogP contribution in [0.1, 0.15) is 50.5 Å². The largest absolute Gasteiger partial charge is 0.352 e. The van der Waals surface area contributed by atoms with Crippen molar-refractivity contribution in [2.45, 2.75) is 56.4 Å². The lowest BCUT2D eigenvalue weighted by molar-refractivity contribution is 0.151. The minimum atomic E-state index is -3.36. The van der Waals surface area contributed by atoms with Crippen LogP contribution in [-0.2, 0) is 16.6 Å². The third-order valence-electron chi connectivity index (χ3n) is 6.69. The van der Waals surface area contributed by atoms with Gasteiger partial charge in [-0.3, -0.25) is 4.99 Å². The zero-order chi connectivity index (χ0) is 19.6. The predicted molar refractivity (Wildman–Crippen MR) is 127 cm³/mol. The summed E-state index contributed by atoms with van der Waals surface area (Å²) in [4.78, 5) is 7.22. The summed E-state index contributed by atoms with van der Waals surface area (Å²) < 4.78 is 27.1. The van der Waals surface area contributed by atoms with Crippen LogP contribution in [0.4, 0.5) is 0 Å². The van der Waals surface area contributed by atoms with Gasteiger partial charge in [0.25, 0.3) is 0 Å². The summed E-state index contributed by atoms with van der Waals surface area (Å²) in [5, 5.41) is 3.45. The fourth-order valence-corrected chi connectivity index (χ4v) is 6.26. The topological polar surface area (TPSA) is 65.0 Å². The van der Waals surface area contributed by atoms with Gasteiger partial charge in [-0.1, -0.05) is 25.0 Å². The molecule has 0 atom stereocenters. The molecule has 0 radical (unpaired) electrons. The summed E-state index contributed by atoms with van der Waals surface area (Å²) in [6.45, 7) is 4.12. The fourth-order valence-electron chi connectivity index (χ4n) is 4.75. The Labute approximate surface area is 192 Å². The van der Waals surface area contributed by atoms with E-state index in [4.69, 9.17) is 0 Å². The van der Waals surface area contributed by atoms with Gasteiger partial charge in [0.05, 0.1) is 4.90 Å². The molecule has 1 aromatic rings. The molecule has 8 heteroatoms. The molecule has 6 nitrogen and oxygen atoms in total. The van der Waals surface area contributed by atoms with Crippen molar-refractivity contribution in [1.29, 1.82) is 0 Å². The Morgan fingerprint density at radius 2 is 1.72 bits per heavy atom. The zero-order valence-corrected chi connectivity index (χ0v) is 20.4. The van der Waals surface area contributed by atoms with Crippen LogP contribution in [0.2, 0.25) is 0 Å². The van der Waals surface area contributed by atoms with Crippen molar-refractivity contribution in [2.24, 2.45) is 10.4 Å². The SMILES string of the molecule is CN=C(NCc1ccc(S(=O)(=O)N2CCCCC2)cc1)N1CCC2(CCC2)C1.I. The number of hydrogen-bond donors (Lipinski definition) is 1. The molecule has 2 aliphatic heterocycles. The first-order valence-corrected chi connectivity index (χ1v) is 12.0. The molecular weight excluding hydrogens is 499 g/mol. The maximum absolute atomic E-state index is 12.8. The molecule has 3 fully saturated rings. The van der Waals surface area contributed by atoms with Crippen molar-refractivity contribution in [2.75, 3.05) is 33.2 Å². The van der Waals surface area contributed by atoms with E-state index in [2.05, 4.69) is 15.2 Å². The van der Waals surface area contributed by atoms with Gasteiger partial charge in [-0.25, -0.2) is 8.42 Å². The van der Waals surface area contributed by atoms with Crippen molar-refractivity contribution in [1.82, 2.24) is 14.5 Å². The van der Waals surface area contributed by atoms with Gasteiger partial charge in [0, 0.05) is 39.8 Å². The number of sulfonamides is 1. The van der Waals surface area contributed by atoms with E-state index in [0.717, 1.165) is 43.9 Å². The van der Waals surface area contributed by atoms with Gasteiger partial charge in [-0.15, -0.1) is 24.0 Å². The quantitative estimate of drug-likeness (QED) is 0.367. The lowest BCUT2D eigenvalue weighted by atomic mass is 9.68. The lowest BCUT2D eigenvalue weighted by Gasteiger charge is -2.38. The molecule has 162 valence electrons. The van der Waals surface area contributed by atoms with Crippen LogP contribution in [0.5, 0.6) is 0 Å². The number of halogens is 1. The standard InChI is InChI=1S/C21H32N4O2S.HI/c1-22-20(24-15-12-21(17-24)10-5-11-21)23-16-18-6-8-19(9-7-18)28(26,27)25-13-3-2-4-14-25;/h6-9H,2-5,10-17H2,1H3,(H,22,23);1H. The van der Waals surface area contributed by atoms with Gasteiger partial charge in [-0.2, -0.15) is 4.31 Å². The Kier molecular flexibility index (Phi) is 7.48. The van der Waals surface area contributed by atoms with E-state index in [-0.39, 0.29) is 24.0 Å². The lowest BCUT2D eigenvalue weighted by Crippen LogP contribution is -2.42. The number of nitrogens with one attached hydrogen (secondary N) is 1. The van der Waals surface area contributed by atoms with Crippen LogP contribution < -0.4 is 5.32 Å². The molecule has 0 aromatic heterocycles. The van der Waals surface area contributed by atoms with Crippen LogP contribution in [0.15, 0.2) is 34.2 Å². The molecule has 0 amide bonds. The fraction of sp³-hybridized carbons (Fsp3) is 0.667.